The Morgan fingerprint density at radius 3 is 2.30 bits per heavy atom. The molecule has 0 saturated heterocycles. The summed E-state index contributed by atoms with van der Waals surface area (Å²) < 4.78 is 34.2. The molecule has 0 radical (unpaired) electrons. The minimum Gasteiger partial charge on any atom is -0.482 e. The number of carboxylic acid groups (broad SMARTS) is 1. The van der Waals surface area contributed by atoms with Crippen LogP contribution in [0.1, 0.15) is 36.0 Å². The summed E-state index contributed by atoms with van der Waals surface area (Å²) >= 11 is 0. The second kappa shape index (κ2) is 14.3. The molecule has 0 bridgehead atoms. The second-order valence-electron chi connectivity index (χ2n) is 10.1. The highest BCUT2D eigenvalue weighted by atomic mass is 19.1. The first-order chi connectivity index (χ1) is 20.6. The fourth-order valence-corrected chi connectivity index (χ4v) is 4.91. The number of carboxylic acids is 1. The quantitative estimate of drug-likeness (QED) is 0.285. The molecule has 1 fully saturated rings. The predicted octanol–water partition coefficient (Wildman–Crippen LogP) is 5.05. The number of ether oxygens (including phenoxy) is 1. The topological polar surface area (TPSA) is 128 Å². The van der Waals surface area contributed by atoms with E-state index in [2.05, 4.69) is 10.6 Å². The Labute approximate surface area is 247 Å². The van der Waals surface area contributed by atoms with Gasteiger partial charge in [-0.05, 0) is 61.2 Å². The van der Waals surface area contributed by atoms with Crippen LogP contribution < -0.4 is 25.2 Å². The SMILES string of the molecule is CN(C(=O)COc1ccccc1N(CC1CCCC1)C(=O)CNC(=O)Nc1cccc(C(=O)O)c1)c1c(F)cccc1F. The number of benzene rings is 3. The van der Waals surface area contributed by atoms with Crippen LogP contribution in [-0.2, 0) is 9.59 Å². The van der Waals surface area contributed by atoms with Gasteiger partial charge in [-0.1, -0.05) is 37.1 Å². The van der Waals surface area contributed by atoms with Crippen LogP contribution in [0.4, 0.5) is 30.6 Å². The highest BCUT2D eigenvalue weighted by molar-refractivity contribution is 6.00. The largest absolute Gasteiger partial charge is 0.482 e. The number of urea groups is 1. The van der Waals surface area contributed by atoms with E-state index < -0.39 is 47.7 Å². The molecule has 0 aromatic heterocycles. The molecule has 12 heteroatoms. The molecule has 3 aromatic rings. The Hall–Kier alpha value is -5.00. The van der Waals surface area contributed by atoms with Gasteiger partial charge in [0.2, 0.25) is 5.91 Å². The van der Waals surface area contributed by atoms with E-state index >= 15 is 0 Å². The minimum atomic E-state index is -1.14. The van der Waals surface area contributed by atoms with Crippen LogP contribution in [0.15, 0.2) is 66.7 Å². The van der Waals surface area contributed by atoms with Crippen LogP contribution in [0.5, 0.6) is 5.75 Å². The molecule has 0 heterocycles. The molecule has 10 nitrogen and oxygen atoms in total. The lowest BCUT2D eigenvalue weighted by atomic mass is 10.1. The Balaban J connectivity index is 1.46. The summed E-state index contributed by atoms with van der Waals surface area (Å²) in [7, 11) is 1.24. The van der Waals surface area contributed by atoms with E-state index in [1.54, 1.807) is 24.3 Å². The molecular formula is C31H32F2N4O6. The van der Waals surface area contributed by atoms with Crippen LogP contribution in [0, 0.1) is 17.6 Å². The smallest absolute Gasteiger partial charge is 0.335 e. The lowest BCUT2D eigenvalue weighted by molar-refractivity contribution is -0.120. The fraction of sp³-hybridized carbons (Fsp3) is 0.290. The number of aromatic carboxylic acids is 1. The number of carbonyl (C=O) groups is 4. The number of likely N-dealkylation sites (N-methyl/N-ethyl adjacent to an activating group) is 1. The van der Waals surface area contributed by atoms with Gasteiger partial charge in [-0.15, -0.1) is 0 Å². The molecule has 0 aliphatic heterocycles. The number of amides is 4. The van der Waals surface area contributed by atoms with Crippen molar-refractivity contribution in [2.45, 2.75) is 25.7 Å². The van der Waals surface area contributed by atoms with Crippen molar-refractivity contribution in [3.8, 4) is 5.75 Å². The van der Waals surface area contributed by atoms with Gasteiger partial charge >= 0.3 is 12.0 Å². The summed E-state index contributed by atoms with van der Waals surface area (Å²) in [6.45, 7) is -0.569. The molecule has 1 aliphatic carbocycles. The highest BCUT2D eigenvalue weighted by Crippen LogP contribution is 2.33. The van der Waals surface area contributed by atoms with Crippen LogP contribution in [-0.4, -0.2) is 55.7 Å². The van der Waals surface area contributed by atoms with Crippen molar-refractivity contribution >= 4 is 40.9 Å². The van der Waals surface area contributed by atoms with Crippen molar-refractivity contribution in [1.82, 2.24) is 5.32 Å². The van der Waals surface area contributed by atoms with Crippen molar-refractivity contribution < 1.29 is 37.8 Å². The second-order valence-corrected chi connectivity index (χ2v) is 10.1. The molecule has 0 unspecified atom stereocenters. The number of hydrogen-bond acceptors (Lipinski definition) is 5. The van der Waals surface area contributed by atoms with Gasteiger partial charge in [0.1, 0.15) is 23.1 Å². The van der Waals surface area contributed by atoms with Gasteiger partial charge in [-0.3, -0.25) is 9.59 Å². The first-order valence-electron chi connectivity index (χ1n) is 13.7. The zero-order valence-electron chi connectivity index (χ0n) is 23.5. The van der Waals surface area contributed by atoms with E-state index in [0.717, 1.165) is 42.7 Å². The first-order valence-corrected chi connectivity index (χ1v) is 13.7. The molecule has 1 aliphatic rings. The van der Waals surface area contributed by atoms with Gasteiger partial charge in [0, 0.05) is 19.3 Å². The first kappa shape index (κ1) is 30.9. The van der Waals surface area contributed by atoms with Gasteiger partial charge in [0.15, 0.2) is 6.61 Å². The van der Waals surface area contributed by atoms with E-state index in [1.165, 1.54) is 42.3 Å². The zero-order chi connectivity index (χ0) is 30.9. The Bertz CT molecular complexity index is 1470. The van der Waals surface area contributed by atoms with Crippen LogP contribution >= 0.6 is 0 Å². The summed E-state index contributed by atoms with van der Waals surface area (Å²) in [5, 5.41) is 14.2. The maximum atomic E-state index is 14.2. The summed E-state index contributed by atoms with van der Waals surface area (Å²) in [4.78, 5) is 52.3. The summed E-state index contributed by atoms with van der Waals surface area (Å²) in [5.74, 6) is -3.64. The van der Waals surface area contributed by atoms with Crippen molar-refractivity contribution in [3.05, 3.63) is 83.9 Å². The average Bonchev–Trinajstić information content (AvgIpc) is 3.51. The third-order valence-electron chi connectivity index (χ3n) is 7.14. The van der Waals surface area contributed by atoms with Crippen LogP contribution in [0.25, 0.3) is 0 Å². The molecule has 3 aromatic carbocycles. The molecule has 4 rings (SSSR count). The minimum absolute atomic E-state index is 0.00284. The Kier molecular flexibility index (Phi) is 10.3. The van der Waals surface area contributed by atoms with Gasteiger partial charge in [0.25, 0.3) is 5.91 Å². The van der Waals surface area contributed by atoms with E-state index in [9.17, 15) is 28.0 Å². The number of anilines is 3. The number of halogens is 2. The Morgan fingerprint density at radius 1 is 0.930 bits per heavy atom. The predicted molar refractivity (Wildman–Crippen MR) is 156 cm³/mol. The number of nitrogens with one attached hydrogen (secondary N) is 2. The molecule has 226 valence electrons. The normalized spacial score (nSPS) is 12.8. The molecular weight excluding hydrogens is 562 g/mol. The molecule has 1 saturated carbocycles. The number of hydrogen-bond donors (Lipinski definition) is 3. The van der Waals surface area contributed by atoms with Gasteiger partial charge in [-0.25, -0.2) is 18.4 Å². The molecule has 43 heavy (non-hydrogen) atoms. The van der Waals surface area contributed by atoms with Crippen molar-refractivity contribution in [3.63, 3.8) is 0 Å². The van der Waals surface area contributed by atoms with Gasteiger partial charge in [-0.2, -0.15) is 0 Å². The summed E-state index contributed by atoms with van der Waals surface area (Å²) in [5.41, 5.74) is 0.123. The highest BCUT2D eigenvalue weighted by Gasteiger charge is 2.26. The lowest BCUT2D eigenvalue weighted by Crippen LogP contribution is -2.43. The number of carbonyl (C=O) groups excluding carboxylic acids is 3. The van der Waals surface area contributed by atoms with Crippen molar-refractivity contribution in [2.75, 3.05) is 41.9 Å². The van der Waals surface area contributed by atoms with Gasteiger partial charge < -0.3 is 30.3 Å². The maximum Gasteiger partial charge on any atom is 0.335 e. The molecule has 4 amide bonds. The van der Waals surface area contributed by atoms with Crippen LogP contribution in [0.3, 0.4) is 0 Å². The standard InChI is InChI=1S/C31H32F2N4O6/c1-36(29-23(32)12-7-13-24(29)33)28(39)19-43-26-15-5-4-14-25(26)37(18-20-8-2-3-9-20)27(38)17-34-31(42)35-22-11-6-10-21(16-22)30(40)41/h4-7,10-16,20H,2-3,8-9,17-19H2,1H3,(H,40,41)(H2,34,35,42). The Morgan fingerprint density at radius 2 is 1.60 bits per heavy atom. The fourth-order valence-electron chi connectivity index (χ4n) is 4.91. The van der Waals surface area contributed by atoms with E-state index in [1.807, 2.05) is 0 Å². The van der Waals surface area contributed by atoms with E-state index in [-0.39, 0.29) is 29.5 Å². The third kappa shape index (κ3) is 8.06. The zero-order valence-corrected chi connectivity index (χ0v) is 23.5. The summed E-state index contributed by atoms with van der Waals surface area (Å²) in [6, 6.07) is 14.9. The van der Waals surface area contributed by atoms with E-state index in [0.29, 0.717) is 12.2 Å². The van der Waals surface area contributed by atoms with Crippen molar-refractivity contribution in [2.24, 2.45) is 5.92 Å². The summed E-state index contributed by atoms with van der Waals surface area (Å²) in [6.07, 6.45) is 3.93. The monoisotopic (exact) mass is 594 g/mol. The third-order valence-corrected chi connectivity index (χ3v) is 7.14. The lowest BCUT2D eigenvalue weighted by Gasteiger charge is -2.28. The van der Waals surface area contributed by atoms with Crippen LogP contribution in [0.2, 0.25) is 0 Å². The number of para-hydroxylation sites is 3. The van der Waals surface area contributed by atoms with Crippen molar-refractivity contribution in [1.29, 1.82) is 0 Å². The molecule has 0 atom stereocenters. The number of nitrogens with zero attached hydrogens (tertiary/aromatic N) is 2. The molecule has 3 N–H and O–H groups in total. The van der Waals surface area contributed by atoms with E-state index in [4.69, 9.17) is 9.84 Å². The van der Waals surface area contributed by atoms with Gasteiger partial charge in [0.05, 0.1) is 17.8 Å². The average molecular weight is 595 g/mol. The molecule has 0 spiro atoms. The maximum absolute atomic E-state index is 14.2. The number of rotatable bonds is 11.